The summed E-state index contributed by atoms with van der Waals surface area (Å²) in [6, 6.07) is 16.8. The Bertz CT molecular complexity index is 1400. The molecule has 33 heavy (non-hydrogen) atoms. The third-order valence-electron chi connectivity index (χ3n) is 5.22. The zero-order valence-corrected chi connectivity index (χ0v) is 19.6. The first-order valence-electron chi connectivity index (χ1n) is 10.4. The summed E-state index contributed by atoms with van der Waals surface area (Å²) >= 11 is 1.54. The average Bonchev–Trinajstić information content (AvgIpc) is 3.38. The number of imidazole rings is 1. The third-order valence-corrected chi connectivity index (χ3v) is 7.32. The second-order valence-electron chi connectivity index (χ2n) is 7.79. The molecule has 0 aliphatic carbocycles. The molecular weight excluding hydrogens is 456 g/mol. The predicted octanol–water partition coefficient (Wildman–Crippen LogP) is 4.19. The number of nitrogens with zero attached hydrogens (tertiary/aromatic N) is 4. The van der Waals surface area contributed by atoms with Crippen LogP contribution < -0.4 is 4.74 Å². The number of sulfone groups is 1. The topological polar surface area (TPSA) is 76.8 Å². The zero-order valence-electron chi connectivity index (χ0n) is 18.0. The third kappa shape index (κ3) is 4.99. The summed E-state index contributed by atoms with van der Waals surface area (Å²) in [5.41, 5.74) is 3.14. The molecule has 7 nitrogen and oxygen atoms in total. The molecule has 0 bridgehead atoms. The molecule has 0 amide bonds. The molecule has 5 rings (SSSR count). The quantitative estimate of drug-likeness (QED) is 0.397. The molecule has 1 aliphatic rings. The Balaban J connectivity index is 1.20. The van der Waals surface area contributed by atoms with Gasteiger partial charge in [0.2, 0.25) is 4.96 Å². The summed E-state index contributed by atoms with van der Waals surface area (Å²) in [5, 5.41) is 5.60. The molecule has 3 heterocycles. The van der Waals surface area contributed by atoms with Crippen molar-refractivity contribution in [2.45, 2.75) is 18.0 Å². The number of benzene rings is 2. The van der Waals surface area contributed by atoms with Crippen LogP contribution in [0, 0.1) is 0 Å². The van der Waals surface area contributed by atoms with Crippen LogP contribution in [0.15, 0.2) is 84.0 Å². The Morgan fingerprint density at radius 3 is 2.55 bits per heavy atom. The lowest BCUT2D eigenvalue weighted by Crippen LogP contribution is -2.19. The standard InChI is InChI=1S/C24H22N4O3S2/c1-33(29,30)22-9-7-21(8-10-22)31-17-20-16-28-24(25-20)32-23(26-28)19-11-13-27(14-12-19)15-18-5-3-2-4-6-18/h2-13,16H,14-15,17H2,1H3. The number of fused-ring (bicyclic) bond motifs is 1. The highest BCUT2D eigenvalue weighted by molar-refractivity contribution is 7.90. The van der Waals surface area contributed by atoms with E-state index in [0.29, 0.717) is 5.75 Å². The van der Waals surface area contributed by atoms with Crippen LogP contribution in [-0.4, -0.2) is 40.7 Å². The fourth-order valence-electron chi connectivity index (χ4n) is 3.50. The SMILES string of the molecule is CS(=O)(=O)c1ccc(OCc2cn3nc(C4=CCN(Cc5ccccc5)C=C4)sc3n2)cc1. The molecule has 0 saturated heterocycles. The van der Waals surface area contributed by atoms with E-state index >= 15 is 0 Å². The van der Waals surface area contributed by atoms with Crippen LogP contribution in [-0.2, 0) is 23.0 Å². The minimum Gasteiger partial charge on any atom is -0.487 e. The maximum atomic E-state index is 11.6. The van der Waals surface area contributed by atoms with E-state index in [0.717, 1.165) is 34.3 Å². The lowest BCUT2D eigenvalue weighted by Gasteiger charge is -2.22. The van der Waals surface area contributed by atoms with Gasteiger partial charge in [-0.1, -0.05) is 47.7 Å². The van der Waals surface area contributed by atoms with Gasteiger partial charge in [0.25, 0.3) is 0 Å². The van der Waals surface area contributed by atoms with Gasteiger partial charge in [0, 0.05) is 31.1 Å². The van der Waals surface area contributed by atoms with Crippen LogP contribution in [0.1, 0.15) is 16.3 Å². The number of aromatic nitrogens is 3. The Morgan fingerprint density at radius 2 is 1.88 bits per heavy atom. The van der Waals surface area contributed by atoms with Gasteiger partial charge in [-0.25, -0.2) is 17.9 Å². The molecular formula is C24H22N4O3S2. The van der Waals surface area contributed by atoms with E-state index in [-0.39, 0.29) is 11.5 Å². The molecule has 0 radical (unpaired) electrons. The summed E-state index contributed by atoms with van der Waals surface area (Å²) in [5.74, 6) is 0.588. The summed E-state index contributed by atoms with van der Waals surface area (Å²) in [4.78, 5) is 7.94. The number of ether oxygens (including phenoxy) is 1. The van der Waals surface area contributed by atoms with Gasteiger partial charge >= 0.3 is 0 Å². The summed E-state index contributed by atoms with van der Waals surface area (Å²) in [7, 11) is -3.22. The van der Waals surface area contributed by atoms with Crippen molar-refractivity contribution in [3.63, 3.8) is 0 Å². The van der Waals surface area contributed by atoms with Crippen LogP contribution in [0.5, 0.6) is 5.75 Å². The van der Waals surface area contributed by atoms with Crippen LogP contribution in [0.3, 0.4) is 0 Å². The van der Waals surface area contributed by atoms with Crippen LogP contribution in [0.4, 0.5) is 0 Å². The maximum Gasteiger partial charge on any atom is 0.212 e. The minimum atomic E-state index is -3.22. The molecule has 0 N–H and O–H groups in total. The first kappa shape index (κ1) is 21.4. The summed E-state index contributed by atoms with van der Waals surface area (Å²) < 4.78 is 30.6. The van der Waals surface area contributed by atoms with Crippen molar-refractivity contribution >= 4 is 31.7 Å². The van der Waals surface area contributed by atoms with Crippen LogP contribution in [0.2, 0.25) is 0 Å². The monoisotopic (exact) mass is 478 g/mol. The molecule has 0 unspecified atom stereocenters. The van der Waals surface area contributed by atoms with Gasteiger partial charge in [-0.05, 0) is 35.9 Å². The highest BCUT2D eigenvalue weighted by Crippen LogP contribution is 2.26. The van der Waals surface area contributed by atoms with E-state index < -0.39 is 9.84 Å². The largest absolute Gasteiger partial charge is 0.487 e. The zero-order chi connectivity index (χ0) is 22.8. The first-order valence-corrected chi connectivity index (χ1v) is 13.1. The predicted molar refractivity (Wildman–Crippen MR) is 129 cm³/mol. The molecule has 2 aromatic heterocycles. The van der Waals surface area contributed by atoms with Gasteiger partial charge in [0.15, 0.2) is 9.84 Å². The van der Waals surface area contributed by atoms with Crippen molar-refractivity contribution in [2.75, 3.05) is 12.8 Å². The highest BCUT2D eigenvalue weighted by Gasteiger charge is 2.14. The van der Waals surface area contributed by atoms with Gasteiger partial charge in [0.1, 0.15) is 17.4 Å². The fraction of sp³-hybridized carbons (Fsp3) is 0.167. The summed E-state index contributed by atoms with van der Waals surface area (Å²) in [6.45, 7) is 1.99. The van der Waals surface area contributed by atoms with E-state index in [1.54, 1.807) is 16.6 Å². The van der Waals surface area contributed by atoms with Crippen molar-refractivity contribution in [3.8, 4) is 5.75 Å². The van der Waals surface area contributed by atoms with Crippen LogP contribution >= 0.6 is 11.3 Å². The van der Waals surface area contributed by atoms with Crippen molar-refractivity contribution < 1.29 is 13.2 Å². The second-order valence-corrected chi connectivity index (χ2v) is 10.8. The maximum absolute atomic E-state index is 11.6. The first-order chi connectivity index (χ1) is 15.9. The molecule has 1 aliphatic heterocycles. The van der Waals surface area contributed by atoms with E-state index in [1.165, 1.54) is 35.3 Å². The average molecular weight is 479 g/mol. The molecule has 168 valence electrons. The minimum absolute atomic E-state index is 0.267. The van der Waals surface area contributed by atoms with Gasteiger partial charge in [-0.15, -0.1) is 0 Å². The molecule has 0 atom stereocenters. The number of hydrogen-bond donors (Lipinski definition) is 0. The second kappa shape index (κ2) is 8.84. The van der Waals surface area contributed by atoms with E-state index in [2.05, 4.69) is 57.6 Å². The molecule has 4 aromatic rings. The van der Waals surface area contributed by atoms with Crippen molar-refractivity contribution in [1.82, 2.24) is 19.5 Å². The van der Waals surface area contributed by atoms with Gasteiger partial charge in [0.05, 0.1) is 16.8 Å². The highest BCUT2D eigenvalue weighted by atomic mass is 32.2. The fourth-order valence-corrected chi connectivity index (χ4v) is 5.05. The normalized spacial score (nSPS) is 14.0. The summed E-state index contributed by atoms with van der Waals surface area (Å²) in [6.07, 6.45) is 9.43. The van der Waals surface area contributed by atoms with Crippen molar-refractivity contribution in [1.29, 1.82) is 0 Å². The number of hydrogen-bond acceptors (Lipinski definition) is 7. The molecule has 0 saturated carbocycles. The molecule has 0 fully saturated rings. The smallest absolute Gasteiger partial charge is 0.212 e. The van der Waals surface area contributed by atoms with Crippen molar-refractivity contribution in [3.05, 3.63) is 95.4 Å². The Labute approximate surface area is 196 Å². The molecule has 9 heteroatoms. The van der Waals surface area contributed by atoms with E-state index in [1.807, 2.05) is 12.3 Å². The Kier molecular flexibility index (Phi) is 5.74. The number of rotatable bonds is 7. The Morgan fingerprint density at radius 1 is 1.09 bits per heavy atom. The molecule has 2 aromatic carbocycles. The van der Waals surface area contributed by atoms with E-state index in [4.69, 9.17) is 4.74 Å². The van der Waals surface area contributed by atoms with Crippen molar-refractivity contribution in [2.24, 2.45) is 0 Å². The Hall–Kier alpha value is -3.43. The van der Waals surface area contributed by atoms with Gasteiger partial charge in [-0.2, -0.15) is 5.10 Å². The number of allylic oxidation sites excluding steroid dienone is 2. The molecule has 0 spiro atoms. The lowest BCUT2D eigenvalue weighted by atomic mass is 10.1. The lowest BCUT2D eigenvalue weighted by molar-refractivity contribution is 0.302. The van der Waals surface area contributed by atoms with Gasteiger partial charge < -0.3 is 9.64 Å². The van der Waals surface area contributed by atoms with E-state index in [9.17, 15) is 8.42 Å². The van der Waals surface area contributed by atoms with Gasteiger partial charge in [-0.3, -0.25) is 0 Å². The van der Waals surface area contributed by atoms with Crippen LogP contribution in [0.25, 0.3) is 10.5 Å².